The summed E-state index contributed by atoms with van der Waals surface area (Å²) in [5.74, 6) is 0.0606. The quantitative estimate of drug-likeness (QED) is 0.277. The molecule has 0 spiro atoms. The summed E-state index contributed by atoms with van der Waals surface area (Å²) in [7, 11) is -0.742. The molecule has 0 unspecified atom stereocenters. The number of nitrogens with one attached hydrogen (secondary N) is 3. The summed E-state index contributed by atoms with van der Waals surface area (Å²) in [6, 6.07) is 7.44. The minimum Gasteiger partial charge on any atom is -0.433 e. The Kier molecular flexibility index (Phi) is 4.14. The van der Waals surface area contributed by atoms with Crippen LogP contribution >= 0.6 is 0 Å². The number of hydrogen-bond donors (Lipinski definition) is 5. The Morgan fingerprint density at radius 1 is 1.47 bits per heavy atom. The molecule has 1 rings (SSSR count). The van der Waals surface area contributed by atoms with Gasteiger partial charge in [0.25, 0.3) is 0 Å². The lowest BCUT2D eigenvalue weighted by atomic mass is 9.89. The Bertz CT molecular complexity index is 325. The van der Waals surface area contributed by atoms with Crippen LogP contribution in [-0.4, -0.2) is 18.0 Å². The molecule has 0 radical (unpaired) electrons. The first-order valence-electron chi connectivity index (χ1n) is 4.71. The van der Waals surface area contributed by atoms with Crippen LogP contribution < -0.4 is 16.3 Å². The SMILES string of the molecule is CB(O)NC(=N)Nc1ccc(CN)cc1. The Morgan fingerprint density at radius 2 is 2.07 bits per heavy atom. The van der Waals surface area contributed by atoms with Crippen molar-refractivity contribution < 1.29 is 5.02 Å². The van der Waals surface area contributed by atoms with Gasteiger partial charge in [0.1, 0.15) is 0 Å². The second-order valence-corrected chi connectivity index (χ2v) is 3.22. The lowest BCUT2D eigenvalue weighted by molar-refractivity contribution is 0.571. The smallest absolute Gasteiger partial charge is 0.409 e. The zero-order chi connectivity index (χ0) is 11.3. The summed E-state index contributed by atoms with van der Waals surface area (Å²) >= 11 is 0. The summed E-state index contributed by atoms with van der Waals surface area (Å²) in [5, 5.41) is 21.7. The first kappa shape index (κ1) is 11.5. The van der Waals surface area contributed by atoms with E-state index in [-0.39, 0.29) is 5.96 Å². The van der Waals surface area contributed by atoms with E-state index in [0.29, 0.717) is 6.54 Å². The van der Waals surface area contributed by atoms with Gasteiger partial charge in [0.05, 0.1) is 0 Å². The number of hydrogen-bond acceptors (Lipinski definition) is 3. The molecule has 0 fully saturated rings. The first-order chi connectivity index (χ1) is 7.11. The van der Waals surface area contributed by atoms with Gasteiger partial charge >= 0.3 is 7.05 Å². The summed E-state index contributed by atoms with van der Waals surface area (Å²) in [4.78, 5) is 0. The maximum absolute atomic E-state index is 8.97. The summed E-state index contributed by atoms with van der Waals surface area (Å²) in [5.41, 5.74) is 7.28. The van der Waals surface area contributed by atoms with Crippen LogP contribution in [0.4, 0.5) is 5.69 Å². The lowest BCUT2D eigenvalue weighted by Crippen LogP contribution is -2.39. The third-order valence-corrected chi connectivity index (χ3v) is 1.81. The van der Waals surface area contributed by atoms with Gasteiger partial charge in [0.15, 0.2) is 5.96 Å². The third kappa shape index (κ3) is 4.01. The van der Waals surface area contributed by atoms with E-state index in [1.807, 2.05) is 24.3 Å². The predicted molar refractivity (Wildman–Crippen MR) is 62.7 cm³/mol. The van der Waals surface area contributed by atoms with E-state index in [4.69, 9.17) is 16.2 Å². The molecule has 0 aliphatic rings. The van der Waals surface area contributed by atoms with Crippen molar-refractivity contribution in [3.05, 3.63) is 29.8 Å². The monoisotopic (exact) mass is 206 g/mol. The summed E-state index contributed by atoms with van der Waals surface area (Å²) < 4.78 is 0. The van der Waals surface area contributed by atoms with E-state index in [9.17, 15) is 0 Å². The molecule has 0 atom stereocenters. The van der Waals surface area contributed by atoms with E-state index in [0.717, 1.165) is 11.3 Å². The molecule has 6 heteroatoms. The van der Waals surface area contributed by atoms with Gasteiger partial charge in [-0.2, -0.15) is 0 Å². The van der Waals surface area contributed by atoms with Gasteiger partial charge in [-0.3, -0.25) is 5.41 Å². The minimum atomic E-state index is -0.742. The van der Waals surface area contributed by atoms with E-state index in [1.54, 1.807) is 6.82 Å². The van der Waals surface area contributed by atoms with E-state index in [1.165, 1.54) is 0 Å². The van der Waals surface area contributed by atoms with Gasteiger partial charge in [-0.05, 0) is 24.5 Å². The number of nitrogens with two attached hydrogens (primary N) is 1. The number of benzene rings is 1. The van der Waals surface area contributed by atoms with Gasteiger partial charge in [-0.15, -0.1) is 0 Å². The number of anilines is 1. The maximum atomic E-state index is 8.97. The molecular weight excluding hydrogens is 191 g/mol. The zero-order valence-corrected chi connectivity index (χ0v) is 8.62. The molecule has 80 valence electrons. The Hall–Kier alpha value is -1.53. The lowest BCUT2D eigenvalue weighted by Gasteiger charge is -2.10. The van der Waals surface area contributed by atoms with Crippen molar-refractivity contribution in [2.75, 3.05) is 5.32 Å². The molecule has 15 heavy (non-hydrogen) atoms. The molecular formula is C9H15BN4O. The van der Waals surface area contributed by atoms with Crippen LogP contribution in [0.2, 0.25) is 6.82 Å². The van der Waals surface area contributed by atoms with Crippen LogP contribution in [0.15, 0.2) is 24.3 Å². The van der Waals surface area contributed by atoms with Gasteiger partial charge in [-0.25, -0.2) is 0 Å². The highest BCUT2D eigenvalue weighted by molar-refractivity contribution is 6.49. The average Bonchev–Trinajstić information content (AvgIpc) is 2.17. The van der Waals surface area contributed by atoms with Crippen LogP contribution in [0.1, 0.15) is 5.56 Å². The van der Waals surface area contributed by atoms with Crippen molar-refractivity contribution in [3.8, 4) is 0 Å². The predicted octanol–water partition coefficient (Wildman–Crippen LogP) is 0.192. The van der Waals surface area contributed by atoms with E-state index < -0.39 is 7.05 Å². The molecule has 0 bridgehead atoms. The second kappa shape index (κ2) is 5.38. The molecule has 0 saturated heterocycles. The van der Waals surface area contributed by atoms with Crippen molar-refractivity contribution >= 4 is 18.7 Å². The van der Waals surface area contributed by atoms with Gasteiger partial charge in [0.2, 0.25) is 0 Å². The maximum Gasteiger partial charge on any atom is 0.409 e. The summed E-state index contributed by atoms with van der Waals surface area (Å²) in [6.45, 7) is 2.05. The molecule has 0 saturated carbocycles. The third-order valence-electron chi connectivity index (χ3n) is 1.81. The topological polar surface area (TPSA) is 94.2 Å². The molecule has 6 N–H and O–H groups in total. The van der Waals surface area contributed by atoms with Crippen molar-refractivity contribution in [1.82, 2.24) is 5.23 Å². The molecule has 0 aliphatic heterocycles. The fraction of sp³-hybridized carbons (Fsp3) is 0.222. The van der Waals surface area contributed by atoms with Crippen LogP contribution in [0.5, 0.6) is 0 Å². The Morgan fingerprint density at radius 3 is 2.53 bits per heavy atom. The molecule has 0 aliphatic carbocycles. The van der Waals surface area contributed by atoms with Crippen LogP contribution in [0, 0.1) is 5.41 Å². The zero-order valence-electron chi connectivity index (χ0n) is 8.62. The van der Waals surface area contributed by atoms with E-state index in [2.05, 4.69) is 10.5 Å². The van der Waals surface area contributed by atoms with Crippen LogP contribution in [-0.2, 0) is 6.54 Å². The molecule has 0 aromatic heterocycles. The van der Waals surface area contributed by atoms with Gasteiger partial charge in [-0.1, -0.05) is 12.1 Å². The average molecular weight is 206 g/mol. The first-order valence-corrected chi connectivity index (χ1v) is 4.71. The molecule has 0 heterocycles. The highest BCUT2D eigenvalue weighted by Crippen LogP contribution is 2.08. The van der Waals surface area contributed by atoms with Gasteiger partial charge in [0, 0.05) is 12.2 Å². The fourth-order valence-corrected chi connectivity index (χ4v) is 1.11. The van der Waals surface area contributed by atoms with Crippen molar-refractivity contribution in [2.24, 2.45) is 5.73 Å². The van der Waals surface area contributed by atoms with Crippen molar-refractivity contribution in [2.45, 2.75) is 13.4 Å². The molecule has 1 aromatic rings. The minimum absolute atomic E-state index is 0.0606. The standard InChI is InChI=1S/C9H15BN4O/c1-10(15)14-9(12)13-8-4-2-7(6-11)3-5-8/h2-5,15H,6,11H2,1H3,(H3,12,13,14). The summed E-state index contributed by atoms with van der Waals surface area (Å²) in [6.07, 6.45) is 0. The fourth-order valence-electron chi connectivity index (χ4n) is 1.11. The molecule has 5 nitrogen and oxygen atoms in total. The Labute approximate surface area is 89.3 Å². The Balaban J connectivity index is 2.53. The van der Waals surface area contributed by atoms with Gasteiger partial charge < -0.3 is 21.3 Å². The molecule has 1 aromatic carbocycles. The number of rotatable bonds is 3. The van der Waals surface area contributed by atoms with Crippen molar-refractivity contribution in [1.29, 1.82) is 5.41 Å². The van der Waals surface area contributed by atoms with Crippen molar-refractivity contribution in [3.63, 3.8) is 0 Å². The van der Waals surface area contributed by atoms with Crippen LogP contribution in [0.3, 0.4) is 0 Å². The normalized spacial score (nSPS) is 9.53. The highest BCUT2D eigenvalue weighted by atomic mass is 16.2. The number of guanidine groups is 1. The van der Waals surface area contributed by atoms with E-state index >= 15 is 0 Å². The second-order valence-electron chi connectivity index (χ2n) is 3.22. The largest absolute Gasteiger partial charge is 0.433 e. The highest BCUT2D eigenvalue weighted by Gasteiger charge is 2.04. The molecule has 0 amide bonds. The van der Waals surface area contributed by atoms with Crippen LogP contribution in [0.25, 0.3) is 0 Å².